The molecular weight excluding hydrogens is 741 g/mol. The van der Waals surface area contributed by atoms with E-state index in [0.29, 0.717) is 25.6 Å². The number of carbonyl (C=O) groups excluding carboxylic acids is 3. The van der Waals surface area contributed by atoms with Gasteiger partial charge < -0.3 is 24.4 Å². The fourth-order valence-corrected chi connectivity index (χ4v) is 6.53. The molecule has 2 aliphatic heterocycles. The second kappa shape index (κ2) is 18.4. The maximum absolute atomic E-state index is 12.2. The monoisotopic (exact) mass is 782 g/mol. The van der Waals surface area contributed by atoms with E-state index >= 15 is 0 Å². The summed E-state index contributed by atoms with van der Waals surface area (Å²) >= 11 is 3.01. The molecule has 2 saturated heterocycles. The SMILES string of the molecule is C.CC(C)(C)OC(=O)N1CC(COC(=O)Nc2cc(-c3cccs3)ccc2[N+](=O)[O-])C1.O=C(Nc1cc(-c2cccs2)ccc1[N+](=O)[O-])OCC1CNC1. The highest BCUT2D eigenvalue weighted by atomic mass is 32.1. The maximum atomic E-state index is 12.2. The smallest absolute Gasteiger partial charge is 0.411 e. The van der Waals surface area contributed by atoms with E-state index in [0.717, 1.165) is 34.0 Å². The molecule has 2 aromatic carbocycles. The first-order valence-electron chi connectivity index (χ1n) is 16.5. The lowest BCUT2D eigenvalue weighted by Gasteiger charge is -2.39. The lowest BCUT2D eigenvalue weighted by Crippen LogP contribution is -2.53. The number of hydrogen-bond donors (Lipinski definition) is 3. The molecule has 0 radical (unpaired) electrons. The Morgan fingerprint density at radius 2 is 1.26 bits per heavy atom. The van der Waals surface area contributed by atoms with Gasteiger partial charge in [0.15, 0.2) is 0 Å². The number of ether oxygens (including phenoxy) is 3. The van der Waals surface area contributed by atoms with E-state index < -0.39 is 33.7 Å². The Kier molecular flexibility index (Phi) is 14.1. The van der Waals surface area contributed by atoms with Gasteiger partial charge in [-0.3, -0.25) is 30.9 Å². The molecule has 0 saturated carbocycles. The minimum Gasteiger partial charge on any atom is -0.449 e. The van der Waals surface area contributed by atoms with Gasteiger partial charge in [0.1, 0.15) is 17.0 Å². The first kappa shape index (κ1) is 41.2. The summed E-state index contributed by atoms with van der Waals surface area (Å²) in [5, 5.41) is 34.3. The summed E-state index contributed by atoms with van der Waals surface area (Å²) in [6, 6.07) is 16.8. The van der Waals surface area contributed by atoms with Gasteiger partial charge in [-0.05, 0) is 79.1 Å². The third-order valence-corrected chi connectivity index (χ3v) is 9.68. The van der Waals surface area contributed by atoms with Crippen LogP contribution < -0.4 is 16.0 Å². The predicted molar refractivity (Wildman–Crippen MR) is 207 cm³/mol. The van der Waals surface area contributed by atoms with E-state index in [1.54, 1.807) is 45.0 Å². The molecule has 2 aromatic heterocycles. The van der Waals surface area contributed by atoms with Crippen molar-refractivity contribution >= 4 is 63.7 Å². The van der Waals surface area contributed by atoms with Gasteiger partial charge in [-0.25, -0.2) is 14.4 Å². The van der Waals surface area contributed by atoms with Crippen LogP contribution >= 0.6 is 22.7 Å². The quantitative estimate of drug-likeness (QED) is 0.0790. The summed E-state index contributed by atoms with van der Waals surface area (Å²) in [5.74, 6) is 0.309. The summed E-state index contributed by atoms with van der Waals surface area (Å²) in [6.45, 7) is 8.28. The zero-order valence-electron chi connectivity index (χ0n) is 29.1. The Balaban J connectivity index is 0.000000244. The minimum atomic E-state index is -0.780. The lowest BCUT2D eigenvalue weighted by molar-refractivity contribution is -0.384. The number of nitrogens with one attached hydrogen (secondary N) is 3. The van der Waals surface area contributed by atoms with E-state index in [2.05, 4.69) is 16.0 Å². The predicted octanol–water partition coefficient (Wildman–Crippen LogP) is 8.47. The molecule has 0 aliphatic carbocycles. The number of nitro groups is 2. The Bertz CT molecular complexity index is 1920. The average molecular weight is 783 g/mol. The highest BCUT2D eigenvalue weighted by Gasteiger charge is 2.34. The standard InChI is InChI=1S/C20H23N3O6S.C15H15N3O4S.CH4/c1-20(2,3)29-19(25)22-10-13(11-22)12-28-18(24)21-15-9-14(17-5-4-8-30-17)6-7-16(15)23(26)27;19-15(22-9-10-7-16-8-10)17-12-6-11(14-2-1-5-23-14)3-4-13(12)18(20)21;/h4-9,13H,10-12H2,1-3H3,(H,21,24);1-6,10,16H,7-9H2,(H,17,19);1H4. The molecule has 4 heterocycles. The normalized spacial score (nSPS) is 13.8. The second-order valence-electron chi connectivity index (χ2n) is 13.2. The number of amides is 3. The van der Waals surface area contributed by atoms with Crippen LogP contribution in [0, 0.1) is 32.1 Å². The lowest BCUT2D eigenvalue weighted by atomic mass is 10.0. The molecule has 2 fully saturated rings. The van der Waals surface area contributed by atoms with Crippen LogP contribution in [0.1, 0.15) is 28.2 Å². The van der Waals surface area contributed by atoms with Gasteiger partial charge in [-0.2, -0.15) is 0 Å². The number of nitrogens with zero attached hydrogens (tertiary/aromatic N) is 3. The van der Waals surface area contributed by atoms with Crippen molar-refractivity contribution < 1.29 is 38.4 Å². The topological polar surface area (TPSA) is 205 Å². The zero-order chi connectivity index (χ0) is 38.1. The number of benzene rings is 2. The third kappa shape index (κ3) is 11.5. The molecule has 18 heteroatoms. The number of nitro benzene ring substituents is 2. The van der Waals surface area contributed by atoms with E-state index in [1.807, 2.05) is 35.0 Å². The summed E-state index contributed by atoms with van der Waals surface area (Å²) in [6.07, 6.45) is -1.86. The van der Waals surface area contributed by atoms with Crippen molar-refractivity contribution in [2.45, 2.75) is 33.8 Å². The molecule has 0 atom stereocenters. The van der Waals surface area contributed by atoms with Gasteiger partial charge in [0.2, 0.25) is 0 Å². The molecule has 3 N–H and O–H groups in total. The summed E-state index contributed by atoms with van der Waals surface area (Å²) in [5.41, 5.74) is 0.837. The van der Waals surface area contributed by atoms with Gasteiger partial charge in [-0.1, -0.05) is 19.6 Å². The van der Waals surface area contributed by atoms with Crippen LogP contribution in [0.3, 0.4) is 0 Å². The van der Waals surface area contributed by atoms with Crippen LogP contribution in [-0.4, -0.2) is 78.0 Å². The van der Waals surface area contributed by atoms with Crippen LogP contribution in [0.25, 0.3) is 20.9 Å². The van der Waals surface area contributed by atoms with Crippen molar-refractivity contribution in [2.24, 2.45) is 11.8 Å². The van der Waals surface area contributed by atoms with Crippen LogP contribution in [0.15, 0.2) is 71.4 Å². The van der Waals surface area contributed by atoms with Gasteiger partial charge >= 0.3 is 18.3 Å². The first-order valence-corrected chi connectivity index (χ1v) is 18.2. The largest absolute Gasteiger partial charge is 0.449 e. The van der Waals surface area contributed by atoms with Gasteiger partial charge in [0.05, 0.1) is 23.1 Å². The average Bonchev–Trinajstić information content (AvgIpc) is 3.78. The number of carbonyl (C=O) groups is 3. The minimum absolute atomic E-state index is 0. The van der Waals surface area contributed by atoms with Crippen LogP contribution in [0.2, 0.25) is 0 Å². The second-order valence-corrected chi connectivity index (χ2v) is 15.1. The molecule has 6 rings (SSSR count). The Morgan fingerprint density at radius 3 is 1.63 bits per heavy atom. The highest BCUT2D eigenvalue weighted by molar-refractivity contribution is 7.13. The number of thiophene rings is 2. The highest BCUT2D eigenvalue weighted by Crippen LogP contribution is 2.34. The fourth-order valence-electron chi connectivity index (χ4n) is 5.08. The molecule has 54 heavy (non-hydrogen) atoms. The third-order valence-electron chi connectivity index (χ3n) is 7.85. The number of anilines is 2. The van der Waals surface area contributed by atoms with Crippen molar-refractivity contribution in [3.8, 4) is 20.9 Å². The Labute approximate surface area is 319 Å². The van der Waals surface area contributed by atoms with Crippen molar-refractivity contribution in [1.82, 2.24) is 10.2 Å². The van der Waals surface area contributed by atoms with Gasteiger partial charge in [-0.15, -0.1) is 22.7 Å². The summed E-state index contributed by atoms with van der Waals surface area (Å²) < 4.78 is 15.6. The van der Waals surface area contributed by atoms with Crippen molar-refractivity contribution in [3.63, 3.8) is 0 Å². The van der Waals surface area contributed by atoms with E-state index in [1.165, 1.54) is 39.7 Å². The van der Waals surface area contributed by atoms with Crippen molar-refractivity contribution in [2.75, 3.05) is 50.0 Å². The van der Waals surface area contributed by atoms with E-state index in [9.17, 15) is 34.6 Å². The number of hydrogen-bond acceptors (Lipinski definition) is 13. The molecule has 16 nitrogen and oxygen atoms in total. The number of rotatable bonds is 10. The summed E-state index contributed by atoms with van der Waals surface area (Å²) in [4.78, 5) is 60.7. The van der Waals surface area contributed by atoms with E-state index in [-0.39, 0.29) is 42.7 Å². The molecule has 288 valence electrons. The Morgan fingerprint density at radius 1 is 0.796 bits per heavy atom. The molecule has 4 aromatic rings. The van der Waals surface area contributed by atoms with E-state index in [4.69, 9.17) is 14.2 Å². The maximum Gasteiger partial charge on any atom is 0.411 e. The summed E-state index contributed by atoms with van der Waals surface area (Å²) in [7, 11) is 0. The van der Waals surface area contributed by atoms with Crippen molar-refractivity contribution in [1.29, 1.82) is 0 Å². The molecule has 0 bridgehead atoms. The van der Waals surface area contributed by atoms with Gasteiger partial charge in [0.25, 0.3) is 11.4 Å². The molecule has 3 amide bonds. The van der Waals surface area contributed by atoms with Crippen LogP contribution in [0.4, 0.5) is 37.1 Å². The fraction of sp³-hybridized carbons (Fsp3) is 0.361. The van der Waals surface area contributed by atoms with Crippen LogP contribution in [0.5, 0.6) is 0 Å². The molecular formula is C36H42N6O10S2. The van der Waals surface area contributed by atoms with Crippen molar-refractivity contribution in [3.05, 3.63) is 91.7 Å². The molecule has 0 unspecified atom stereocenters. The Hall–Kier alpha value is -5.59. The first-order chi connectivity index (χ1) is 25.3. The molecule has 2 aliphatic rings. The number of likely N-dealkylation sites (tertiary alicyclic amines) is 1. The van der Waals surface area contributed by atoms with Gasteiger partial charge in [0, 0.05) is 59.9 Å². The molecule has 0 spiro atoms. The van der Waals surface area contributed by atoms with Crippen LogP contribution in [-0.2, 0) is 14.2 Å². The zero-order valence-corrected chi connectivity index (χ0v) is 30.7.